The molecule has 0 radical (unpaired) electrons. The van der Waals surface area contributed by atoms with E-state index in [0.717, 1.165) is 56.1 Å². The summed E-state index contributed by atoms with van der Waals surface area (Å²) in [4.78, 5) is 2.29. The number of methoxy groups -OCH3 is 1. The van der Waals surface area contributed by atoms with Gasteiger partial charge in [0.1, 0.15) is 5.75 Å². The molecule has 0 bridgehead atoms. The Labute approximate surface area is 107 Å². The number of hydrogen-bond donors (Lipinski definition) is 1. The normalized spacial score (nSPS) is 21.8. The fourth-order valence-electron chi connectivity index (χ4n) is 2.47. The maximum atomic E-state index is 10.3. The van der Waals surface area contributed by atoms with Crippen LogP contribution in [-0.4, -0.2) is 38.5 Å². The first-order valence-electron chi connectivity index (χ1n) is 6.46. The molecule has 1 N–H and O–H groups in total. The molecule has 4 nitrogen and oxygen atoms in total. The molecular weight excluding hydrogens is 230 g/mol. The Morgan fingerprint density at radius 2 is 2.00 bits per heavy atom. The van der Waals surface area contributed by atoms with Crippen molar-refractivity contribution in [2.45, 2.75) is 18.4 Å². The highest BCUT2D eigenvalue weighted by molar-refractivity contribution is 5.56. The third-order valence-electron chi connectivity index (χ3n) is 3.78. The molecule has 4 heteroatoms. The summed E-state index contributed by atoms with van der Waals surface area (Å²) in [6.45, 7) is 3.35. The van der Waals surface area contributed by atoms with Gasteiger partial charge in [0.2, 0.25) is 0 Å². The maximum Gasteiger partial charge on any atom is 0.125 e. The Morgan fingerprint density at radius 3 is 2.61 bits per heavy atom. The molecule has 0 amide bonds. The van der Waals surface area contributed by atoms with E-state index in [4.69, 9.17) is 9.47 Å². The zero-order valence-corrected chi connectivity index (χ0v) is 10.7. The Morgan fingerprint density at radius 1 is 1.28 bits per heavy atom. The van der Waals surface area contributed by atoms with Crippen LogP contribution in [0.3, 0.4) is 0 Å². The third kappa shape index (κ3) is 2.06. The van der Waals surface area contributed by atoms with Crippen LogP contribution < -0.4 is 9.64 Å². The summed E-state index contributed by atoms with van der Waals surface area (Å²) in [6, 6.07) is 6.08. The first-order valence-corrected chi connectivity index (χ1v) is 6.46. The van der Waals surface area contributed by atoms with Crippen LogP contribution in [0, 0.1) is 0 Å². The quantitative estimate of drug-likeness (QED) is 0.881. The van der Waals surface area contributed by atoms with E-state index in [0.29, 0.717) is 0 Å². The second-order valence-electron chi connectivity index (χ2n) is 5.02. The zero-order chi connectivity index (χ0) is 12.6. The Bertz CT molecular complexity index is 437. The minimum atomic E-state index is -0.659. The second-order valence-corrected chi connectivity index (χ2v) is 5.02. The lowest BCUT2D eigenvalue weighted by atomic mass is 10.0. The number of nitrogens with zero attached hydrogens (tertiary/aromatic N) is 1. The molecule has 2 aliphatic rings. The molecule has 1 saturated heterocycles. The standard InChI is InChI=1S/C14H19NO3/c1-17-13-3-2-11(15-6-8-18-9-7-15)10-12(13)14(16)4-5-14/h2-3,10,16H,4-9H2,1H3. The molecule has 0 aromatic heterocycles. The van der Waals surface area contributed by atoms with Crippen molar-refractivity contribution in [2.24, 2.45) is 0 Å². The van der Waals surface area contributed by atoms with E-state index in [9.17, 15) is 5.11 Å². The van der Waals surface area contributed by atoms with Gasteiger partial charge in [-0.3, -0.25) is 0 Å². The molecule has 1 heterocycles. The van der Waals surface area contributed by atoms with Crippen LogP contribution in [0.15, 0.2) is 18.2 Å². The van der Waals surface area contributed by atoms with Gasteiger partial charge in [0.05, 0.1) is 25.9 Å². The molecule has 3 rings (SSSR count). The summed E-state index contributed by atoms with van der Waals surface area (Å²) in [7, 11) is 1.65. The number of morpholine rings is 1. The average molecular weight is 249 g/mol. The van der Waals surface area contributed by atoms with Gasteiger partial charge in [0.15, 0.2) is 0 Å². The van der Waals surface area contributed by atoms with Crippen LogP contribution in [0.25, 0.3) is 0 Å². The number of benzene rings is 1. The molecular formula is C14H19NO3. The van der Waals surface area contributed by atoms with Gasteiger partial charge in [-0.25, -0.2) is 0 Å². The lowest BCUT2D eigenvalue weighted by Crippen LogP contribution is -2.36. The summed E-state index contributed by atoms with van der Waals surface area (Å²) in [5.74, 6) is 0.784. The topological polar surface area (TPSA) is 41.9 Å². The summed E-state index contributed by atoms with van der Waals surface area (Å²) < 4.78 is 10.7. The Balaban J connectivity index is 1.91. The highest BCUT2D eigenvalue weighted by Gasteiger charge is 2.44. The van der Waals surface area contributed by atoms with Crippen molar-refractivity contribution in [2.75, 3.05) is 38.3 Å². The van der Waals surface area contributed by atoms with Crippen molar-refractivity contribution in [3.8, 4) is 5.75 Å². The lowest BCUT2D eigenvalue weighted by Gasteiger charge is -2.29. The van der Waals surface area contributed by atoms with Crippen LogP contribution in [0.5, 0.6) is 5.75 Å². The maximum absolute atomic E-state index is 10.3. The summed E-state index contributed by atoms with van der Waals surface area (Å²) in [6.07, 6.45) is 1.66. The minimum absolute atomic E-state index is 0.659. The molecule has 0 atom stereocenters. The lowest BCUT2D eigenvalue weighted by molar-refractivity contribution is 0.122. The number of anilines is 1. The highest BCUT2D eigenvalue weighted by atomic mass is 16.5. The molecule has 0 spiro atoms. The van der Waals surface area contributed by atoms with Crippen molar-refractivity contribution in [1.29, 1.82) is 0 Å². The van der Waals surface area contributed by atoms with Crippen molar-refractivity contribution >= 4 is 5.69 Å². The van der Waals surface area contributed by atoms with Gasteiger partial charge in [-0.05, 0) is 31.0 Å². The van der Waals surface area contributed by atoms with E-state index in [1.54, 1.807) is 7.11 Å². The molecule has 1 aliphatic heterocycles. The molecule has 1 saturated carbocycles. The fraction of sp³-hybridized carbons (Fsp3) is 0.571. The number of aliphatic hydroxyl groups is 1. The largest absolute Gasteiger partial charge is 0.496 e. The summed E-state index contributed by atoms with van der Waals surface area (Å²) in [5, 5.41) is 10.3. The smallest absolute Gasteiger partial charge is 0.125 e. The molecule has 1 aromatic carbocycles. The van der Waals surface area contributed by atoms with E-state index >= 15 is 0 Å². The van der Waals surface area contributed by atoms with Crippen LogP contribution in [0.1, 0.15) is 18.4 Å². The predicted molar refractivity (Wildman–Crippen MR) is 69.2 cm³/mol. The van der Waals surface area contributed by atoms with E-state index in [-0.39, 0.29) is 0 Å². The predicted octanol–water partition coefficient (Wildman–Crippen LogP) is 1.51. The van der Waals surface area contributed by atoms with Crippen molar-refractivity contribution in [3.05, 3.63) is 23.8 Å². The van der Waals surface area contributed by atoms with Crippen molar-refractivity contribution < 1.29 is 14.6 Å². The Hall–Kier alpha value is -1.26. The minimum Gasteiger partial charge on any atom is -0.496 e. The fourth-order valence-corrected chi connectivity index (χ4v) is 2.47. The molecule has 1 aromatic rings. The van der Waals surface area contributed by atoms with Crippen molar-refractivity contribution in [3.63, 3.8) is 0 Å². The van der Waals surface area contributed by atoms with Gasteiger partial charge in [0.25, 0.3) is 0 Å². The summed E-state index contributed by atoms with van der Waals surface area (Å²) in [5.41, 5.74) is 1.41. The molecule has 18 heavy (non-hydrogen) atoms. The molecule has 1 aliphatic carbocycles. The SMILES string of the molecule is COc1ccc(N2CCOCC2)cc1C1(O)CC1. The first-order chi connectivity index (χ1) is 8.73. The average Bonchev–Trinajstić information content (AvgIpc) is 3.18. The zero-order valence-electron chi connectivity index (χ0n) is 10.7. The van der Waals surface area contributed by atoms with Gasteiger partial charge in [-0.1, -0.05) is 0 Å². The third-order valence-corrected chi connectivity index (χ3v) is 3.78. The van der Waals surface area contributed by atoms with Crippen molar-refractivity contribution in [1.82, 2.24) is 0 Å². The van der Waals surface area contributed by atoms with Crippen LogP contribution in [0.2, 0.25) is 0 Å². The highest BCUT2D eigenvalue weighted by Crippen LogP contribution is 2.49. The summed E-state index contributed by atoms with van der Waals surface area (Å²) >= 11 is 0. The molecule has 2 fully saturated rings. The van der Waals surface area contributed by atoms with E-state index < -0.39 is 5.60 Å². The number of hydrogen-bond acceptors (Lipinski definition) is 4. The van der Waals surface area contributed by atoms with Gasteiger partial charge in [-0.2, -0.15) is 0 Å². The first kappa shape index (κ1) is 11.8. The van der Waals surface area contributed by atoms with E-state index in [1.807, 2.05) is 6.07 Å². The monoisotopic (exact) mass is 249 g/mol. The van der Waals surface area contributed by atoms with Gasteiger partial charge in [0, 0.05) is 24.3 Å². The van der Waals surface area contributed by atoms with Crippen LogP contribution >= 0.6 is 0 Å². The van der Waals surface area contributed by atoms with Crippen LogP contribution in [0.4, 0.5) is 5.69 Å². The second kappa shape index (κ2) is 4.44. The number of rotatable bonds is 3. The van der Waals surface area contributed by atoms with Gasteiger partial charge in [-0.15, -0.1) is 0 Å². The number of ether oxygens (including phenoxy) is 2. The molecule has 0 unspecified atom stereocenters. The Kier molecular flexibility index (Phi) is 2.92. The van der Waals surface area contributed by atoms with E-state index in [1.165, 1.54) is 0 Å². The van der Waals surface area contributed by atoms with E-state index in [2.05, 4.69) is 17.0 Å². The van der Waals surface area contributed by atoms with Gasteiger partial charge < -0.3 is 19.5 Å². The molecule has 98 valence electrons. The van der Waals surface area contributed by atoms with Crippen LogP contribution in [-0.2, 0) is 10.3 Å². The van der Waals surface area contributed by atoms with Gasteiger partial charge >= 0.3 is 0 Å².